The predicted molar refractivity (Wildman–Crippen MR) is 78.7 cm³/mol. The van der Waals surface area contributed by atoms with Gasteiger partial charge in [0.1, 0.15) is 0 Å². The Balaban J connectivity index is 1.96. The normalized spacial score (nSPS) is 12.4. The van der Waals surface area contributed by atoms with Crippen LogP contribution in [-0.4, -0.2) is 9.78 Å². The van der Waals surface area contributed by atoms with Gasteiger partial charge in [-0.2, -0.15) is 5.10 Å². The Kier molecular flexibility index (Phi) is 4.42. The summed E-state index contributed by atoms with van der Waals surface area (Å²) in [7, 11) is 0. The molecule has 0 bridgehead atoms. The lowest BCUT2D eigenvalue weighted by Crippen LogP contribution is -2.06. The van der Waals surface area contributed by atoms with E-state index in [9.17, 15) is 0 Å². The van der Waals surface area contributed by atoms with Crippen LogP contribution in [0.4, 0.5) is 5.69 Å². The molecular weight excluding hydrogens is 290 g/mol. The number of hydrogen-bond donors (Lipinski definition) is 1. The minimum Gasteiger partial charge on any atom is -0.379 e. The summed E-state index contributed by atoms with van der Waals surface area (Å²) in [5.74, 6) is 0. The highest BCUT2D eigenvalue weighted by Crippen LogP contribution is 2.16. The fraction of sp³-hybridized carbons (Fsp3) is 0.357. The molecule has 2 rings (SSSR count). The van der Waals surface area contributed by atoms with E-state index in [1.165, 1.54) is 0 Å². The Bertz CT molecular complexity index is 507. The van der Waals surface area contributed by atoms with Crippen molar-refractivity contribution in [2.75, 3.05) is 5.32 Å². The monoisotopic (exact) mass is 307 g/mol. The molecule has 96 valence electrons. The molecular formula is C14H18BrN3. The molecule has 1 unspecified atom stereocenters. The van der Waals surface area contributed by atoms with Gasteiger partial charge in [-0.25, -0.2) is 0 Å². The molecule has 0 aliphatic rings. The third-order valence-corrected chi connectivity index (χ3v) is 3.50. The number of anilines is 1. The first kappa shape index (κ1) is 13.1. The number of aromatic nitrogens is 2. The van der Waals surface area contributed by atoms with Crippen molar-refractivity contribution < 1.29 is 0 Å². The second kappa shape index (κ2) is 6.05. The van der Waals surface area contributed by atoms with E-state index in [-0.39, 0.29) is 0 Å². The summed E-state index contributed by atoms with van der Waals surface area (Å²) in [5.41, 5.74) is 2.16. The van der Waals surface area contributed by atoms with Gasteiger partial charge in [-0.15, -0.1) is 0 Å². The fourth-order valence-corrected chi connectivity index (χ4v) is 2.09. The van der Waals surface area contributed by atoms with Crippen LogP contribution in [0.25, 0.3) is 0 Å². The van der Waals surface area contributed by atoms with Crippen LogP contribution >= 0.6 is 15.9 Å². The van der Waals surface area contributed by atoms with E-state index in [1.807, 2.05) is 23.0 Å². The van der Waals surface area contributed by atoms with Crippen LogP contribution in [0.5, 0.6) is 0 Å². The Labute approximate surface area is 116 Å². The fourth-order valence-electron chi connectivity index (χ4n) is 1.70. The summed E-state index contributed by atoms with van der Waals surface area (Å²) in [6.07, 6.45) is 3.15. The summed E-state index contributed by atoms with van der Waals surface area (Å²) >= 11 is 3.46. The van der Waals surface area contributed by atoms with Gasteiger partial charge >= 0.3 is 0 Å². The first-order valence-electron chi connectivity index (χ1n) is 6.22. The molecule has 1 atom stereocenters. The maximum Gasteiger partial charge on any atom is 0.0815 e. The van der Waals surface area contributed by atoms with Gasteiger partial charge in [-0.05, 0) is 37.6 Å². The molecule has 3 nitrogen and oxygen atoms in total. The number of nitrogens with zero attached hydrogens (tertiary/aromatic N) is 2. The number of nitrogens with one attached hydrogen (secondary N) is 1. The first-order valence-corrected chi connectivity index (χ1v) is 7.02. The predicted octanol–water partition coefficient (Wildman–Crippen LogP) is 4.23. The first-order chi connectivity index (χ1) is 8.69. The average Bonchev–Trinajstić information content (AvgIpc) is 2.84. The zero-order chi connectivity index (χ0) is 13.0. The zero-order valence-corrected chi connectivity index (χ0v) is 12.3. The molecule has 0 saturated heterocycles. The molecule has 0 aliphatic heterocycles. The van der Waals surface area contributed by atoms with Crippen LogP contribution in [0.15, 0.2) is 41.0 Å². The highest BCUT2D eigenvalue weighted by molar-refractivity contribution is 9.10. The van der Waals surface area contributed by atoms with E-state index in [1.54, 1.807) is 0 Å². The van der Waals surface area contributed by atoms with Crippen molar-refractivity contribution in [3.63, 3.8) is 0 Å². The molecule has 18 heavy (non-hydrogen) atoms. The SMILES string of the molecule is CCC(C)n1ccc(CNc2cccc(Br)c2)n1. The third kappa shape index (κ3) is 3.35. The largest absolute Gasteiger partial charge is 0.379 e. The average molecular weight is 308 g/mol. The van der Waals surface area contributed by atoms with Gasteiger partial charge in [0.25, 0.3) is 0 Å². The third-order valence-electron chi connectivity index (χ3n) is 3.00. The lowest BCUT2D eigenvalue weighted by atomic mass is 10.3. The van der Waals surface area contributed by atoms with Crippen molar-refractivity contribution in [3.05, 3.63) is 46.7 Å². The summed E-state index contributed by atoms with van der Waals surface area (Å²) in [6.45, 7) is 5.10. The minimum atomic E-state index is 0.463. The summed E-state index contributed by atoms with van der Waals surface area (Å²) in [6, 6.07) is 10.7. The number of rotatable bonds is 5. The van der Waals surface area contributed by atoms with E-state index in [0.717, 1.165) is 28.8 Å². The highest BCUT2D eigenvalue weighted by Gasteiger charge is 2.04. The molecule has 1 N–H and O–H groups in total. The zero-order valence-electron chi connectivity index (χ0n) is 10.7. The molecule has 0 radical (unpaired) electrons. The van der Waals surface area contributed by atoms with Crippen molar-refractivity contribution in [2.45, 2.75) is 32.9 Å². The number of halogens is 1. The van der Waals surface area contributed by atoms with Crippen LogP contribution in [0.3, 0.4) is 0 Å². The maximum atomic E-state index is 4.56. The molecule has 0 aliphatic carbocycles. The maximum absolute atomic E-state index is 4.56. The van der Waals surface area contributed by atoms with E-state index >= 15 is 0 Å². The second-order valence-electron chi connectivity index (χ2n) is 4.41. The topological polar surface area (TPSA) is 29.9 Å². The van der Waals surface area contributed by atoms with Crippen molar-refractivity contribution in [1.82, 2.24) is 9.78 Å². The van der Waals surface area contributed by atoms with Crippen LogP contribution < -0.4 is 5.32 Å². The summed E-state index contributed by atoms with van der Waals surface area (Å²) < 4.78 is 3.11. The van der Waals surface area contributed by atoms with Gasteiger partial charge in [0.05, 0.1) is 12.2 Å². The molecule has 0 saturated carbocycles. The molecule has 2 aromatic rings. The van der Waals surface area contributed by atoms with Gasteiger partial charge in [0.15, 0.2) is 0 Å². The van der Waals surface area contributed by atoms with Crippen molar-refractivity contribution in [1.29, 1.82) is 0 Å². The molecule has 0 spiro atoms. The molecule has 1 aromatic carbocycles. The highest BCUT2D eigenvalue weighted by atomic mass is 79.9. The Morgan fingerprint density at radius 1 is 1.39 bits per heavy atom. The van der Waals surface area contributed by atoms with Gasteiger partial charge in [0.2, 0.25) is 0 Å². The lowest BCUT2D eigenvalue weighted by Gasteiger charge is -2.08. The van der Waals surface area contributed by atoms with Gasteiger partial charge in [-0.3, -0.25) is 4.68 Å². The van der Waals surface area contributed by atoms with Gasteiger partial charge in [-0.1, -0.05) is 28.9 Å². The van der Waals surface area contributed by atoms with E-state index in [4.69, 9.17) is 0 Å². The molecule has 0 amide bonds. The standard InChI is InChI=1S/C14H18BrN3/c1-3-11(2)18-8-7-14(17-18)10-16-13-6-4-5-12(15)9-13/h4-9,11,16H,3,10H2,1-2H3. The smallest absolute Gasteiger partial charge is 0.0815 e. The van der Waals surface area contributed by atoms with Gasteiger partial charge in [0, 0.05) is 22.4 Å². The van der Waals surface area contributed by atoms with Crippen LogP contribution in [-0.2, 0) is 6.54 Å². The van der Waals surface area contributed by atoms with Crippen molar-refractivity contribution in [2.24, 2.45) is 0 Å². The second-order valence-corrected chi connectivity index (χ2v) is 5.32. The Morgan fingerprint density at radius 2 is 2.22 bits per heavy atom. The van der Waals surface area contributed by atoms with E-state index in [2.05, 4.69) is 58.4 Å². The van der Waals surface area contributed by atoms with Crippen molar-refractivity contribution >= 4 is 21.6 Å². The molecule has 1 heterocycles. The van der Waals surface area contributed by atoms with Crippen LogP contribution in [0.1, 0.15) is 32.0 Å². The summed E-state index contributed by atoms with van der Waals surface area (Å²) in [5, 5.41) is 7.93. The van der Waals surface area contributed by atoms with E-state index < -0.39 is 0 Å². The number of hydrogen-bond acceptors (Lipinski definition) is 2. The van der Waals surface area contributed by atoms with Crippen molar-refractivity contribution in [3.8, 4) is 0 Å². The van der Waals surface area contributed by atoms with Crippen LogP contribution in [0.2, 0.25) is 0 Å². The molecule has 4 heteroatoms. The van der Waals surface area contributed by atoms with Crippen LogP contribution in [0, 0.1) is 0 Å². The minimum absolute atomic E-state index is 0.463. The van der Waals surface area contributed by atoms with Gasteiger partial charge < -0.3 is 5.32 Å². The van der Waals surface area contributed by atoms with E-state index in [0.29, 0.717) is 6.04 Å². The lowest BCUT2D eigenvalue weighted by molar-refractivity contribution is 0.474. The Morgan fingerprint density at radius 3 is 2.94 bits per heavy atom. The molecule has 0 fully saturated rings. The molecule has 1 aromatic heterocycles. The number of benzene rings is 1. The quantitative estimate of drug-likeness (QED) is 0.896. The summed E-state index contributed by atoms with van der Waals surface area (Å²) in [4.78, 5) is 0. The Hall–Kier alpha value is -1.29.